The molecule has 0 saturated heterocycles. The molecule has 0 amide bonds. The predicted octanol–water partition coefficient (Wildman–Crippen LogP) is 4.97. The molecule has 3 aromatic heterocycles. The van der Waals surface area contributed by atoms with Gasteiger partial charge in [0.2, 0.25) is 0 Å². The number of hydrogen-bond donors (Lipinski definition) is 2. The van der Waals surface area contributed by atoms with Crippen molar-refractivity contribution in [3.05, 3.63) is 97.1 Å². The van der Waals surface area contributed by atoms with E-state index in [2.05, 4.69) is 20.3 Å². The highest BCUT2D eigenvalue weighted by atomic mass is 15.2. The van der Waals surface area contributed by atoms with Crippen LogP contribution in [0.2, 0.25) is 0 Å². The summed E-state index contributed by atoms with van der Waals surface area (Å²) in [5.41, 5.74) is 5.35. The third-order valence-electron chi connectivity index (χ3n) is 5.32. The molecule has 0 bridgehead atoms. The topological polar surface area (TPSA) is 84.3 Å². The number of nitrogens with one attached hydrogen (secondary N) is 2. The van der Waals surface area contributed by atoms with Gasteiger partial charge in [0, 0.05) is 11.3 Å². The molecular formula is C25H19N7. The molecule has 0 aliphatic rings. The molecule has 7 heteroatoms. The van der Waals surface area contributed by atoms with Gasteiger partial charge in [-0.2, -0.15) is 0 Å². The fourth-order valence-corrected chi connectivity index (χ4v) is 3.77. The lowest BCUT2D eigenvalue weighted by molar-refractivity contribution is 0.996. The molecular weight excluding hydrogens is 398 g/mol. The molecule has 32 heavy (non-hydrogen) atoms. The van der Waals surface area contributed by atoms with E-state index in [1.807, 2.05) is 89.5 Å². The molecule has 0 aliphatic carbocycles. The van der Waals surface area contributed by atoms with Crippen LogP contribution in [-0.2, 0) is 6.54 Å². The number of anilines is 1. The van der Waals surface area contributed by atoms with Crippen molar-refractivity contribution in [2.24, 2.45) is 0 Å². The average Bonchev–Trinajstić information content (AvgIpc) is 3.47. The maximum absolute atomic E-state index is 4.86. The number of aromatic nitrogens is 6. The normalized spacial score (nSPS) is 11.2. The number of nitrogens with zero attached hydrogens (tertiary/aromatic N) is 5. The van der Waals surface area contributed by atoms with Gasteiger partial charge < -0.3 is 10.3 Å². The first kappa shape index (κ1) is 18.3. The van der Waals surface area contributed by atoms with E-state index < -0.39 is 0 Å². The number of benzene rings is 3. The quantitative estimate of drug-likeness (QED) is 0.414. The van der Waals surface area contributed by atoms with E-state index >= 15 is 0 Å². The van der Waals surface area contributed by atoms with Gasteiger partial charge in [-0.3, -0.25) is 4.57 Å². The lowest BCUT2D eigenvalue weighted by Crippen LogP contribution is -2.06. The van der Waals surface area contributed by atoms with E-state index in [1.54, 1.807) is 6.33 Å². The Bertz CT molecular complexity index is 1490. The van der Waals surface area contributed by atoms with Crippen molar-refractivity contribution in [3.63, 3.8) is 0 Å². The molecule has 0 spiro atoms. The van der Waals surface area contributed by atoms with E-state index in [0.717, 1.165) is 33.8 Å². The number of H-pyrrole nitrogens is 1. The van der Waals surface area contributed by atoms with Crippen LogP contribution in [0.25, 0.3) is 39.3 Å². The highest BCUT2D eigenvalue weighted by Gasteiger charge is 2.16. The Hall–Kier alpha value is -4.52. The molecule has 0 unspecified atom stereocenters. The molecule has 2 N–H and O–H groups in total. The number of aromatic amines is 1. The Balaban J connectivity index is 1.44. The van der Waals surface area contributed by atoms with Crippen molar-refractivity contribution < 1.29 is 0 Å². The summed E-state index contributed by atoms with van der Waals surface area (Å²) < 4.78 is 1.98. The van der Waals surface area contributed by atoms with E-state index in [1.165, 1.54) is 0 Å². The van der Waals surface area contributed by atoms with Crippen molar-refractivity contribution in [3.8, 4) is 17.1 Å². The monoisotopic (exact) mass is 417 g/mol. The van der Waals surface area contributed by atoms with E-state index in [4.69, 9.17) is 9.97 Å². The third-order valence-corrected chi connectivity index (χ3v) is 5.32. The van der Waals surface area contributed by atoms with Crippen LogP contribution in [0.15, 0.2) is 91.3 Å². The first-order valence-electron chi connectivity index (χ1n) is 10.4. The Morgan fingerprint density at radius 1 is 0.781 bits per heavy atom. The molecule has 6 aromatic rings. The summed E-state index contributed by atoms with van der Waals surface area (Å²) in [7, 11) is 0. The maximum atomic E-state index is 4.86. The van der Waals surface area contributed by atoms with Crippen LogP contribution in [-0.4, -0.2) is 29.5 Å². The van der Waals surface area contributed by atoms with E-state index in [0.29, 0.717) is 23.7 Å². The fourth-order valence-electron chi connectivity index (χ4n) is 3.77. The van der Waals surface area contributed by atoms with Gasteiger partial charge in [0.25, 0.3) is 0 Å². The highest BCUT2D eigenvalue weighted by molar-refractivity contribution is 5.86. The van der Waals surface area contributed by atoms with Crippen LogP contribution < -0.4 is 5.32 Å². The van der Waals surface area contributed by atoms with Gasteiger partial charge in [-0.1, -0.05) is 60.7 Å². The minimum atomic E-state index is 0.493. The van der Waals surface area contributed by atoms with Gasteiger partial charge in [0.05, 0.1) is 17.6 Å². The Kier molecular flexibility index (Phi) is 4.35. The lowest BCUT2D eigenvalue weighted by Gasteiger charge is -2.09. The Labute approximate surface area is 183 Å². The molecule has 0 radical (unpaired) electrons. The summed E-state index contributed by atoms with van der Waals surface area (Å²) in [6.45, 7) is 0.493. The lowest BCUT2D eigenvalue weighted by atomic mass is 10.2. The Morgan fingerprint density at radius 2 is 1.53 bits per heavy atom. The first-order valence-corrected chi connectivity index (χ1v) is 10.4. The molecule has 0 aliphatic heterocycles. The van der Waals surface area contributed by atoms with Crippen molar-refractivity contribution in [2.75, 3.05) is 5.32 Å². The van der Waals surface area contributed by atoms with Crippen LogP contribution in [0.4, 0.5) is 5.82 Å². The number of hydrogen-bond acceptors (Lipinski definition) is 5. The van der Waals surface area contributed by atoms with Gasteiger partial charge in [0.15, 0.2) is 22.8 Å². The third kappa shape index (κ3) is 3.26. The van der Waals surface area contributed by atoms with Crippen LogP contribution >= 0.6 is 0 Å². The predicted molar refractivity (Wildman–Crippen MR) is 126 cm³/mol. The summed E-state index contributed by atoms with van der Waals surface area (Å²) >= 11 is 0. The largest absolute Gasteiger partial charge is 0.361 e. The summed E-state index contributed by atoms with van der Waals surface area (Å²) in [5.74, 6) is 2.15. The highest BCUT2D eigenvalue weighted by Crippen LogP contribution is 2.26. The van der Waals surface area contributed by atoms with Gasteiger partial charge in [-0.25, -0.2) is 19.9 Å². The zero-order chi connectivity index (χ0) is 21.3. The minimum Gasteiger partial charge on any atom is -0.361 e. The number of imidazole rings is 2. The van der Waals surface area contributed by atoms with Gasteiger partial charge in [-0.05, 0) is 24.3 Å². The second-order valence-electron chi connectivity index (χ2n) is 7.44. The van der Waals surface area contributed by atoms with Crippen LogP contribution in [0, 0.1) is 0 Å². The second kappa shape index (κ2) is 7.63. The summed E-state index contributed by atoms with van der Waals surface area (Å²) in [4.78, 5) is 22.3. The number of fused-ring (bicyclic) bond motifs is 2. The van der Waals surface area contributed by atoms with Crippen LogP contribution in [0.1, 0.15) is 5.82 Å². The van der Waals surface area contributed by atoms with Crippen LogP contribution in [0.5, 0.6) is 0 Å². The average molecular weight is 417 g/mol. The van der Waals surface area contributed by atoms with E-state index in [9.17, 15) is 0 Å². The van der Waals surface area contributed by atoms with E-state index in [-0.39, 0.29) is 0 Å². The summed E-state index contributed by atoms with van der Waals surface area (Å²) in [6.07, 6.45) is 1.79. The van der Waals surface area contributed by atoms with Crippen LogP contribution in [0.3, 0.4) is 0 Å². The van der Waals surface area contributed by atoms with Gasteiger partial charge in [0.1, 0.15) is 12.2 Å². The summed E-state index contributed by atoms with van der Waals surface area (Å²) in [5, 5.41) is 3.42. The molecule has 7 nitrogen and oxygen atoms in total. The SMILES string of the molecule is c1ccc(-c2nc(NCc3nc4ccccc4[nH]3)c3ncn(-c4ccccc4)c3n2)cc1. The molecule has 154 valence electrons. The van der Waals surface area contributed by atoms with Crippen molar-refractivity contribution in [1.82, 2.24) is 29.5 Å². The smallest absolute Gasteiger partial charge is 0.170 e. The molecule has 6 rings (SSSR count). The second-order valence-corrected chi connectivity index (χ2v) is 7.44. The number of para-hydroxylation sites is 3. The van der Waals surface area contributed by atoms with Crippen molar-refractivity contribution in [2.45, 2.75) is 6.54 Å². The van der Waals surface area contributed by atoms with Gasteiger partial charge >= 0.3 is 0 Å². The molecule has 0 fully saturated rings. The van der Waals surface area contributed by atoms with Crippen molar-refractivity contribution in [1.29, 1.82) is 0 Å². The molecule has 3 heterocycles. The molecule has 0 atom stereocenters. The zero-order valence-corrected chi connectivity index (χ0v) is 17.1. The number of rotatable bonds is 5. The van der Waals surface area contributed by atoms with Crippen molar-refractivity contribution >= 4 is 28.0 Å². The standard InChI is InChI=1S/C25H19N7/c1-3-9-17(10-4-1)23-30-24(26-15-21-28-19-13-7-8-14-20(19)29-21)22-25(31-23)32(16-27-22)18-11-5-2-6-12-18/h1-14,16H,15H2,(H,28,29)(H,26,30,31). The summed E-state index contributed by atoms with van der Waals surface area (Å²) in [6, 6.07) is 28.0. The Morgan fingerprint density at radius 3 is 2.34 bits per heavy atom. The van der Waals surface area contributed by atoms with Gasteiger partial charge in [-0.15, -0.1) is 0 Å². The maximum Gasteiger partial charge on any atom is 0.170 e. The fraction of sp³-hybridized carbons (Fsp3) is 0.0400. The zero-order valence-electron chi connectivity index (χ0n) is 17.1. The molecule has 3 aromatic carbocycles. The first-order chi connectivity index (χ1) is 15.8. The minimum absolute atomic E-state index is 0.493. The molecule has 0 saturated carbocycles.